The Morgan fingerprint density at radius 3 is 2.09 bits per heavy atom. The van der Waals surface area contributed by atoms with Gasteiger partial charge in [0.25, 0.3) is 0 Å². The van der Waals surface area contributed by atoms with Crippen molar-refractivity contribution in [2.75, 3.05) is 0 Å². The van der Waals surface area contributed by atoms with E-state index in [-0.39, 0.29) is 0 Å². The molecule has 1 aliphatic rings. The number of carbonyl (C=O) groups is 1. The summed E-state index contributed by atoms with van der Waals surface area (Å²) in [5, 5.41) is 0. The van der Waals surface area contributed by atoms with Crippen molar-refractivity contribution >= 4 is 5.91 Å². The number of nitrogens with zero attached hydrogens (tertiary/aromatic N) is 1. The van der Waals surface area contributed by atoms with E-state index in [1.54, 1.807) is 0 Å². The van der Waals surface area contributed by atoms with Gasteiger partial charge in [-0.05, 0) is 19.8 Å². The summed E-state index contributed by atoms with van der Waals surface area (Å²) in [7, 11) is 0. The molecule has 0 aromatic rings. The molecule has 2 nitrogen and oxygen atoms in total. The minimum atomic E-state index is 0.318. The van der Waals surface area contributed by atoms with Crippen LogP contribution in [0.2, 0.25) is 0 Å². The van der Waals surface area contributed by atoms with Crippen LogP contribution < -0.4 is 0 Å². The first-order valence-corrected chi connectivity index (χ1v) is 4.35. The molecule has 1 aliphatic heterocycles. The van der Waals surface area contributed by atoms with E-state index >= 15 is 0 Å². The zero-order valence-electron chi connectivity index (χ0n) is 7.79. The molecule has 0 saturated carbocycles. The molecule has 1 unspecified atom stereocenters. The molecule has 0 aliphatic carbocycles. The first kappa shape index (κ1) is 8.57. The van der Waals surface area contributed by atoms with Crippen molar-refractivity contribution in [1.82, 2.24) is 4.90 Å². The van der Waals surface area contributed by atoms with E-state index in [1.165, 1.54) is 0 Å². The number of rotatable bonds is 2. The van der Waals surface area contributed by atoms with E-state index in [9.17, 15) is 4.79 Å². The van der Waals surface area contributed by atoms with Gasteiger partial charge in [-0.2, -0.15) is 0 Å². The summed E-state index contributed by atoms with van der Waals surface area (Å²) in [5.41, 5.74) is 0. The SMILES string of the molecule is CC(C)C1CC(=O)N1C(C)C. The monoisotopic (exact) mass is 155 g/mol. The second kappa shape index (κ2) is 2.84. The van der Waals surface area contributed by atoms with Gasteiger partial charge in [-0.1, -0.05) is 13.8 Å². The quantitative estimate of drug-likeness (QED) is 0.555. The van der Waals surface area contributed by atoms with Gasteiger partial charge in [0.1, 0.15) is 0 Å². The first-order chi connectivity index (χ1) is 5.04. The van der Waals surface area contributed by atoms with E-state index in [1.807, 2.05) is 4.90 Å². The van der Waals surface area contributed by atoms with Crippen LogP contribution in [0.15, 0.2) is 0 Å². The fourth-order valence-electron chi connectivity index (χ4n) is 1.68. The molecule has 1 heterocycles. The van der Waals surface area contributed by atoms with Crippen molar-refractivity contribution in [2.45, 2.75) is 46.2 Å². The number of likely N-dealkylation sites (tertiary alicyclic amines) is 1. The van der Waals surface area contributed by atoms with Gasteiger partial charge in [0.05, 0.1) is 0 Å². The highest BCUT2D eigenvalue weighted by atomic mass is 16.2. The molecule has 0 bridgehead atoms. The second-order valence-electron chi connectivity index (χ2n) is 3.91. The number of hydrogen-bond acceptors (Lipinski definition) is 1. The summed E-state index contributed by atoms with van der Waals surface area (Å²) in [6, 6.07) is 0.881. The van der Waals surface area contributed by atoms with E-state index < -0.39 is 0 Å². The fourth-order valence-corrected chi connectivity index (χ4v) is 1.68. The number of carbonyl (C=O) groups excluding carboxylic acids is 1. The Bertz CT molecular complexity index is 163. The summed E-state index contributed by atoms with van der Waals surface area (Å²) in [5.74, 6) is 0.925. The molecule has 2 heteroatoms. The average Bonchev–Trinajstić information content (AvgIpc) is 1.80. The zero-order valence-corrected chi connectivity index (χ0v) is 7.79. The van der Waals surface area contributed by atoms with E-state index in [0.29, 0.717) is 23.9 Å². The number of amides is 1. The lowest BCUT2D eigenvalue weighted by Crippen LogP contribution is -2.57. The highest BCUT2D eigenvalue weighted by Crippen LogP contribution is 2.27. The molecule has 0 aromatic heterocycles. The van der Waals surface area contributed by atoms with Crippen LogP contribution in [0.25, 0.3) is 0 Å². The summed E-state index contributed by atoms with van der Waals surface area (Å²) >= 11 is 0. The van der Waals surface area contributed by atoms with Crippen LogP contribution in [-0.4, -0.2) is 22.9 Å². The van der Waals surface area contributed by atoms with Crippen LogP contribution in [0, 0.1) is 5.92 Å². The van der Waals surface area contributed by atoms with Gasteiger partial charge < -0.3 is 4.90 Å². The van der Waals surface area contributed by atoms with Gasteiger partial charge in [0.15, 0.2) is 0 Å². The molecule has 1 atom stereocenters. The molecule has 1 saturated heterocycles. The van der Waals surface area contributed by atoms with Gasteiger partial charge in [-0.3, -0.25) is 4.79 Å². The maximum absolute atomic E-state index is 11.1. The molecule has 0 aromatic carbocycles. The van der Waals surface area contributed by atoms with Gasteiger partial charge in [-0.25, -0.2) is 0 Å². The first-order valence-electron chi connectivity index (χ1n) is 4.35. The van der Waals surface area contributed by atoms with Crippen LogP contribution in [0.5, 0.6) is 0 Å². The molecule has 0 radical (unpaired) electrons. The fraction of sp³-hybridized carbons (Fsp3) is 0.889. The lowest BCUT2D eigenvalue weighted by atomic mass is 9.90. The lowest BCUT2D eigenvalue weighted by molar-refractivity contribution is -0.151. The largest absolute Gasteiger partial charge is 0.336 e. The summed E-state index contributed by atoms with van der Waals surface area (Å²) < 4.78 is 0. The summed E-state index contributed by atoms with van der Waals surface area (Å²) in [4.78, 5) is 13.1. The minimum absolute atomic E-state index is 0.318. The molecule has 11 heavy (non-hydrogen) atoms. The predicted molar refractivity (Wildman–Crippen MR) is 45.2 cm³/mol. The van der Waals surface area contributed by atoms with Crippen molar-refractivity contribution in [3.8, 4) is 0 Å². The van der Waals surface area contributed by atoms with Gasteiger partial charge in [-0.15, -0.1) is 0 Å². The van der Waals surface area contributed by atoms with Crippen molar-refractivity contribution in [1.29, 1.82) is 0 Å². The molecule has 64 valence electrons. The van der Waals surface area contributed by atoms with Crippen molar-refractivity contribution < 1.29 is 4.79 Å². The van der Waals surface area contributed by atoms with Gasteiger partial charge in [0, 0.05) is 18.5 Å². The standard InChI is InChI=1S/C9H17NO/c1-6(2)8-5-9(11)10(8)7(3)4/h6-8H,5H2,1-4H3. The maximum atomic E-state index is 11.1. The Morgan fingerprint density at radius 1 is 1.36 bits per heavy atom. The topological polar surface area (TPSA) is 20.3 Å². The number of β-lactam (4-membered cyclic amide) rings is 1. The minimum Gasteiger partial charge on any atom is -0.336 e. The summed E-state index contributed by atoms with van der Waals surface area (Å²) in [6.45, 7) is 8.50. The van der Waals surface area contributed by atoms with Gasteiger partial charge in [0.2, 0.25) is 5.91 Å². The molecule has 1 fully saturated rings. The third kappa shape index (κ3) is 1.39. The molecule has 1 rings (SSSR count). The predicted octanol–water partition coefficient (Wildman–Crippen LogP) is 1.65. The Kier molecular flexibility index (Phi) is 2.21. The molecular weight excluding hydrogens is 138 g/mol. The van der Waals surface area contributed by atoms with Crippen molar-refractivity contribution in [3.63, 3.8) is 0 Å². The third-order valence-electron chi connectivity index (χ3n) is 2.35. The Hall–Kier alpha value is -0.530. The normalized spacial score (nSPS) is 24.7. The van der Waals surface area contributed by atoms with Crippen molar-refractivity contribution in [3.05, 3.63) is 0 Å². The molecule has 0 N–H and O–H groups in total. The van der Waals surface area contributed by atoms with Crippen LogP contribution in [0.1, 0.15) is 34.1 Å². The third-order valence-corrected chi connectivity index (χ3v) is 2.35. The average molecular weight is 155 g/mol. The summed E-state index contributed by atoms with van der Waals surface area (Å²) in [6.07, 6.45) is 0.760. The van der Waals surface area contributed by atoms with Crippen LogP contribution in [0.3, 0.4) is 0 Å². The highest BCUT2D eigenvalue weighted by Gasteiger charge is 2.38. The van der Waals surface area contributed by atoms with E-state index in [2.05, 4.69) is 27.7 Å². The lowest BCUT2D eigenvalue weighted by Gasteiger charge is -2.45. The molecular formula is C9H17NO. The Morgan fingerprint density at radius 2 is 1.91 bits per heavy atom. The maximum Gasteiger partial charge on any atom is 0.225 e. The van der Waals surface area contributed by atoms with E-state index in [4.69, 9.17) is 0 Å². The molecule has 0 spiro atoms. The van der Waals surface area contributed by atoms with Gasteiger partial charge >= 0.3 is 0 Å². The van der Waals surface area contributed by atoms with Crippen LogP contribution >= 0.6 is 0 Å². The Balaban J connectivity index is 2.55. The van der Waals surface area contributed by atoms with E-state index in [0.717, 1.165) is 6.42 Å². The smallest absolute Gasteiger partial charge is 0.225 e. The zero-order chi connectivity index (χ0) is 8.59. The molecule has 1 amide bonds. The Labute approximate surface area is 68.6 Å². The van der Waals surface area contributed by atoms with Crippen LogP contribution in [-0.2, 0) is 4.79 Å². The second-order valence-corrected chi connectivity index (χ2v) is 3.91. The van der Waals surface area contributed by atoms with Crippen molar-refractivity contribution in [2.24, 2.45) is 5.92 Å². The highest BCUT2D eigenvalue weighted by molar-refractivity contribution is 5.83. The van der Waals surface area contributed by atoms with Crippen LogP contribution in [0.4, 0.5) is 0 Å². The number of hydrogen-bond donors (Lipinski definition) is 0.